The van der Waals surface area contributed by atoms with Gasteiger partial charge in [0.15, 0.2) is 0 Å². The molecule has 0 saturated heterocycles. The monoisotopic (exact) mass is 348 g/mol. The lowest BCUT2D eigenvalue weighted by molar-refractivity contribution is 0.488. The second kappa shape index (κ2) is 7.33. The number of benzene rings is 1. The van der Waals surface area contributed by atoms with E-state index in [1.807, 2.05) is 6.26 Å². The van der Waals surface area contributed by atoms with Gasteiger partial charge >= 0.3 is 0 Å². The molecule has 0 bridgehead atoms. The second-order valence-corrected chi connectivity index (χ2v) is 8.67. The van der Waals surface area contributed by atoms with Gasteiger partial charge in [0.25, 0.3) is 0 Å². The fraction of sp³-hybridized carbons (Fsp3) is 0.571. The number of rotatable bonds is 8. The van der Waals surface area contributed by atoms with Crippen molar-refractivity contribution in [3.05, 3.63) is 28.8 Å². The van der Waals surface area contributed by atoms with Gasteiger partial charge < -0.3 is 5.32 Å². The van der Waals surface area contributed by atoms with Crippen molar-refractivity contribution in [1.29, 1.82) is 0 Å². The lowest BCUT2D eigenvalue weighted by Gasteiger charge is -2.17. The third kappa shape index (κ3) is 4.60. The Hall–Kier alpha value is -0.270. The molecule has 1 aliphatic carbocycles. The SMILES string of the molecule is CSCCN(C)S(=O)(=O)c1ccc(Cl)c(CNC2CC2)c1. The second-order valence-electron chi connectivity index (χ2n) is 5.23. The molecule has 0 heterocycles. The van der Waals surface area contributed by atoms with Gasteiger partial charge in [0, 0.05) is 37.0 Å². The summed E-state index contributed by atoms with van der Waals surface area (Å²) < 4.78 is 26.4. The number of nitrogens with zero attached hydrogens (tertiary/aromatic N) is 1. The molecule has 4 nitrogen and oxygen atoms in total. The highest BCUT2D eigenvalue weighted by molar-refractivity contribution is 7.98. The predicted molar refractivity (Wildman–Crippen MR) is 89.5 cm³/mol. The highest BCUT2D eigenvalue weighted by Crippen LogP contribution is 2.24. The van der Waals surface area contributed by atoms with Crippen molar-refractivity contribution in [2.45, 2.75) is 30.3 Å². The molecule has 0 atom stereocenters. The molecule has 1 aromatic carbocycles. The molecule has 1 aromatic rings. The molecule has 0 aliphatic heterocycles. The lowest BCUT2D eigenvalue weighted by atomic mass is 10.2. The fourth-order valence-electron chi connectivity index (χ4n) is 1.91. The standard InChI is InChI=1S/C14H21ClN2O2S2/c1-17(7-8-20-2)21(18,19)13-5-6-14(15)11(9-13)10-16-12-3-4-12/h5-6,9,12,16H,3-4,7-8,10H2,1-2H3. The number of halogens is 1. The van der Waals surface area contributed by atoms with Crippen molar-refractivity contribution in [2.24, 2.45) is 0 Å². The minimum atomic E-state index is -3.44. The van der Waals surface area contributed by atoms with Gasteiger partial charge in [0.1, 0.15) is 0 Å². The molecule has 118 valence electrons. The van der Waals surface area contributed by atoms with Crippen LogP contribution < -0.4 is 5.32 Å². The maximum Gasteiger partial charge on any atom is 0.242 e. The van der Waals surface area contributed by atoms with Crippen LogP contribution in [-0.2, 0) is 16.6 Å². The summed E-state index contributed by atoms with van der Waals surface area (Å²) in [5.41, 5.74) is 0.836. The van der Waals surface area contributed by atoms with E-state index in [2.05, 4.69) is 5.32 Å². The first-order valence-corrected chi connectivity index (χ1v) is 10.1. The number of nitrogens with one attached hydrogen (secondary N) is 1. The van der Waals surface area contributed by atoms with Crippen LogP contribution in [0.15, 0.2) is 23.1 Å². The van der Waals surface area contributed by atoms with Gasteiger partial charge in [-0.25, -0.2) is 12.7 Å². The van der Waals surface area contributed by atoms with Gasteiger partial charge in [-0.1, -0.05) is 11.6 Å². The Labute approximate surface area is 136 Å². The molecule has 2 rings (SSSR count). The molecule has 1 fully saturated rings. The Kier molecular flexibility index (Phi) is 5.96. The van der Waals surface area contributed by atoms with Crippen molar-refractivity contribution in [2.75, 3.05) is 25.6 Å². The molecular weight excluding hydrogens is 328 g/mol. The molecule has 0 amide bonds. The topological polar surface area (TPSA) is 49.4 Å². The average Bonchev–Trinajstić information content (AvgIpc) is 3.27. The fourth-order valence-corrected chi connectivity index (χ4v) is 3.89. The molecule has 0 spiro atoms. The van der Waals surface area contributed by atoms with Crippen LogP contribution in [0, 0.1) is 0 Å². The molecule has 1 N–H and O–H groups in total. The van der Waals surface area contributed by atoms with Gasteiger partial charge in [0.05, 0.1) is 4.90 Å². The molecule has 1 aliphatic rings. The lowest BCUT2D eigenvalue weighted by Crippen LogP contribution is -2.29. The summed E-state index contributed by atoms with van der Waals surface area (Å²) in [5, 5.41) is 3.97. The van der Waals surface area contributed by atoms with E-state index < -0.39 is 10.0 Å². The normalized spacial score (nSPS) is 15.6. The van der Waals surface area contributed by atoms with Gasteiger partial charge in [-0.15, -0.1) is 0 Å². The molecule has 0 radical (unpaired) electrons. The molecule has 0 unspecified atom stereocenters. The summed E-state index contributed by atoms with van der Waals surface area (Å²) in [7, 11) is -1.83. The summed E-state index contributed by atoms with van der Waals surface area (Å²) in [6, 6.07) is 5.49. The average molecular weight is 349 g/mol. The summed E-state index contributed by atoms with van der Waals surface area (Å²) >= 11 is 7.79. The third-order valence-corrected chi connectivity index (χ3v) is 6.31. The van der Waals surface area contributed by atoms with Crippen molar-refractivity contribution >= 4 is 33.4 Å². The zero-order valence-electron chi connectivity index (χ0n) is 12.3. The zero-order chi connectivity index (χ0) is 15.5. The molecule has 7 heteroatoms. The first-order chi connectivity index (χ1) is 9.95. The van der Waals surface area contributed by atoms with Crippen molar-refractivity contribution in [3.63, 3.8) is 0 Å². The largest absolute Gasteiger partial charge is 0.310 e. The number of hydrogen-bond donors (Lipinski definition) is 1. The Morgan fingerprint density at radius 1 is 1.43 bits per heavy atom. The zero-order valence-corrected chi connectivity index (χ0v) is 14.7. The van der Waals surface area contributed by atoms with Gasteiger partial charge in [-0.2, -0.15) is 11.8 Å². The maximum atomic E-state index is 12.5. The van der Waals surface area contributed by atoms with E-state index >= 15 is 0 Å². The molecule has 21 heavy (non-hydrogen) atoms. The van der Waals surface area contributed by atoms with E-state index in [1.165, 1.54) is 17.1 Å². The molecular formula is C14H21ClN2O2S2. The van der Waals surface area contributed by atoms with Crippen molar-refractivity contribution < 1.29 is 8.42 Å². The van der Waals surface area contributed by atoms with Crippen molar-refractivity contribution in [3.8, 4) is 0 Å². The van der Waals surface area contributed by atoms with Crippen molar-refractivity contribution in [1.82, 2.24) is 9.62 Å². The van der Waals surface area contributed by atoms with E-state index in [0.717, 1.165) is 11.3 Å². The first kappa shape index (κ1) is 17.1. The highest BCUT2D eigenvalue weighted by Gasteiger charge is 2.23. The Morgan fingerprint density at radius 2 is 2.14 bits per heavy atom. The van der Waals surface area contributed by atoms with E-state index in [4.69, 9.17) is 11.6 Å². The number of sulfonamides is 1. The third-order valence-electron chi connectivity index (χ3n) is 3.49. The first-order valence-electron chi connectivity index (χ1n) is 6.92. The van der Waals surface area contributed by atoms with Crippen LogP contribution in [-0.4, -0.2) is 44.4 Å². The van der Waals surface area contributed by atoms with Crippen LogP contribution in [0.3, 0.4) is 0 Å². The Morgan fingerprint density at radius 3 is 2.76 bits per heavy atom. The van der Waals surface area contributed by atoms with Crippen LogP contribution in [0.5, 0.6) is 0 Å². The quantitative estimate of drug-likeness (QED) is 0.784. The molecule has 0 aromatic heterocycles. The van der Waals surface area contributed by atoms with Gasteiger partial charge in [-0.3, -0.25) is 0 Å². The summed E-state index contributed by atoms with van der Waals surface area (Å²) in [6.45, 7) is 1.11. The predicted octanol–water partition coefficient (Wildman–Crippen LogP) is 2.58. The smallest absolute Gasteiger partial charge is 0.242 e. The van der Waals surface area contributed by atoms with Crippen LogP contribution >= 0.6 is 23.4 Å². The van der Waals surface area contributed by atoms with E-state index in [0.29, 0.717) is 29.0 Å². The Balaban J connectivity index is 2.15. The van der Waals surface area contributed by atoms with E-state index in [1.54, 1.807) is 37.0 Å². The van der Waals surface area contributed by atoms with E-state index in [-0.39, 0.29) is 0 Å². The van der Waals surface area contributed by atoms with Crippen LogP contribution in [0.25, 0.3) is 0 Å². The van der Waals surface area contributed by atoms with E-state index in [9.17, 15) is 8.42 Å². The minimum absolute atomic E-state index is 0.308. The van der Waals surface area contributed by atoms with Crippen LogP contribution in [0.1, 0.15) is 18.4 Å². The highest BCUT2D eigenvalue weighted by atomic mass is 35.5. The Bertz CT molecular complexity index is 589. The molecule has 1 saturated carbocycles. The summed E-state index contributed by atoms with van der Waals surface area (Å²) in [4.78, 5) is 0.308. The number of thioether (sulfide) groups is 1. The number of hydrogen-bond acceptors (Lipinski definition) is 4. The van der Waals surface area contributed by atoms with Crippen LogP contribution in [0.4, 0.5) is 0 Å². The minimum Gasteiger partial charge on any atom is -0.310 e. The van der Waals surface area contributed by atoms with Crippen LogP contribution in [0.2, 0.25) is 5.02 Å². The summed E-state index contributed by atoms with van der Waals surface area (Å²) in [5.74, 6) is 0.777. The van der Waals surface area contributed by atoms with Gasteiger partial charge in [-0.05, 0) is 42.9 Å². The maximum absolute atomic E-state index is 12.5. The summed E-state index contributed by atoms with van der Waals surface area (Å²) in [6.07, 6.45) is 4.34. The van der Waals surface area contributed by atoms with Gasteiger partial charge in [0.2, 0.25) is 10.0 Å².